The molecule has 3 rings (SSSR count). The summed E-state index contributed by atoms with van der Waals surface area (Å²) in [4.78, 5) is 11.8. The Labute approximate surface area is 375 Å². The summed E-state index contributed by atoms with van der Waals surface area (Å²) in [5, 5.41) is 0. The number of ether oxygens (including phenoxy) is 3. The fourth-order valence-electron chi connectivity index (χ4n) is 10.0. The summed E-state index contributed by atoms with van der Waals surface area (Å²) in [6.45, 7) is 33.1. The maximum atomic E-state index is 11.8. The maximum absolute atomic E-state index is 11.8. The van der Waals surface area contributed by atoms with Crippen LogP contribution in [0.5, 0.6) is 0 Å². The summed E-state index contributed by atoms with van der Waals surface area (Å²) in [6.07, 6.45) is 30.9. The highest BCUT2D eigenvalue weighted by molar-refractivity contribution is 6.78. The fourth-order valence-corrected chi connectivity index (χ4v) is 16.1. The summed E-state index contributed by atoms with van der Waals surface area (Å²) in [7, 11) is -6.59. The predicted octanol–water partition coefficient (Wildman–Crippen LogP) is 14.8. The molecule has 60 heavy (non-hydrogen) atoms. The van der Waals surface area contributed by atoms with E-state index in [-0.39, 0.29) is 48.7 Å². The average molecular weight is 912 g/mol. The Kier molecular flexibility index (Phi) is 23.6. The molecule has 0 amide bonds. The van der Waals surface area contributed by atoms with Crippen LogP contribution in [0.3, 0.4) is 0 Å². The highest BCUT2D eigenvalue weighted by atomic mass is 28.4. The van der Waals surface area contributed by atoms with E-state index >= 15 is 0 Å². The third-order valence-corrected chi connectivity index (χ3v) is 18.7. The first kappa shape index (κ1) is 54.2. The Hall–Kier alpha value is -0.122. The second kappa shape index (κ2) is 26.1. The molecule has 2 fully saturated rings. The quantitative estimate of drug-likeness (QED) is 0.0378. The topological polar surface area (TPSA) is 72.5 Å². The highest BCUT2D eigenvalue weighted by Gasteiger charge is 2.44. The Balaban J connectivity index is 1.45. The van der Waals surface area contributed by atoms with E-state index in [1.165, 1.54) is 96.3 Å². The minimum atomic E-state index is -1.77. The molecular formula is C49H98O7Si4. The number of rotatable bonds is 32. The van der Waals surface area contributed by atoms with Crippen molar-refractivity contribution in [2.45, 2.75) is 294 Å². The van der Waals surface area contributed by atoms with Crippen LogP contribution >= 0.6 is 0 Å². The summed E-state index contributed by atoms with van der Waals surface area (Å²) in [5.41, 5.74) is 1.56. The summed E-state index contributed by atoms with van der Waals surface area (Å²) < 4.78 is 40.0. The van der Waals surface area contributed by atoms with Gasteiger partial charge in [-0.15, -0.1) is 0 Å². The zero-order valence-electron chi connectivity index (χ0n) is 41.9. The van der Waals surface area contributed by atoms with Crippen molar-refractivity contribution in [3.05, 3.63) is 11.6 Å². The van der Waals surface area contributed by atoms with E-state index in [4.69, 9.17) is 27.5 Å². The molecule has 0 aromatic carbocycles. The number of cyclic esters (lactones) is 1. The van der Waals surface area contributed by atoms with Gasteiger partial charge in [0.05, 0.1) is 44.7 Å². The normalized spacial score (nSPS) is 25.1. The van der Waals surface area contributed by atoms with Gasteiger partial charge in [-0.25, -0.2) is 4.79 Å². The molecule has 9 atom stereocenters. The Bertz CT molecular complexity index is 1240. The van der Waals surface area contributed by atoms with Crippen molar-refractivity contribution in [2.75, 3.05) is 0 Å². The number of esters is 1. The van der Waals surface area contributed by atoms with E-state index in [9.17, 15) is 4.79 Å². The van der Waals surface area contributed by atoms with Gasteiger partial charge in [0.2, 0.25) is 0 Å². The van der Waals surface area contributed by atoms with Crippen LogP contribution in [0.25, 0.3) is 0 Å². The lowest BCUT2D eigenvalue weighted by atomic mass is 9.99. The van der Waals surface area contributed by atoms with E-state index in [1.807, 2.05) is 13.0 Å². The van der Waals surface area contributed by atoms with E-state index in [1.54, 1.807) is 0 Å². The SMILES string of the molecule is CCCCC[C@H](O[Si](C)(C)C)[C@@H](CCC[C@H](O[Si](C)(C)C)[C@H]1CC[C@H]([C@H]2CC[C@H]([C@@H](CCCCCCCCCCCCC3=C[C@H](C)OC3=O)O[Si](C)(C)C)O2)O1)[Si](C)(C)C. The number of unbranched alkanes of at least 4 members (excludes halogenated alkanes) is 11. The van der Waals surface area contributed by atoms with E-state index in [2.05, 4.69) is 85.5 Å². The molecule has 2 saturated heterocycles. The molecule has 0 saturated carbocycles. The molecule has 0 aromatic heterocycles. The summed E-state index contributed by atoms with van der Waals surface area (Å²) >= 11 is 0. The Morgan fingerprint density at radius 2 is 1.02 bits per heavy atom. The molecule has 0 N–H and O–H groups in total. The van der Waals surface area contributed by atoms with Crippen LogP contribution < -0.4 is 0 Å². The van der Waals surface area contributed by atoms with Crippen molar-refractivity contribution in [3.8, 4) is 0 Å². The molecule has 11 heteroatoms. The van der Waals surface area contributed by atoms with Crippen LogP contribution in [0.4, 0.5) is 0 Å². The lowest BCUT2D eigenvalue weighted by Gasteiger charge is -2.40. The van der Waals surface area contributed by atoms with Gasteiger partial charge in [0.1, 0.15) is 6.10 Å². The van der Waals surface area contributed by atoms with Crippen LogP contribution in [0.15, 0.2) is 11.6 Å². The molecule has 3 heterocycles. The fraction of sp³-hybridized carbons (Fsp3) is 0.939. The van der Waals surface area contributed by atoms with E-state index in [0.717, 1.165) is 56.9 Å². The zero-order valence-corrected chi connectivity index (χ0v) is 45.9. The predicted molar refractivity (Wildman–Crippen MR) is 265 cm³/mol. The Morgan fingerprint density at radius 1 is 0.567 bits per heavy atom. The molecule has 0 aliphatic carbocycles. The van der Waals surface area contributed by atoms with Gasteiger partial charge in [0.15, 0.2) is 25.0 Å². The van der Waals surface area contributed by atoms with Crippen LogP contribution in [0.2, 0.25) is 84.1 Å². The van der Waals surface area contributed by atoms with Crippen molar-refractivity contribution in [1.82, 2.24) is 0 Å². The lowest BCUT2D eigenvalue weighted by molar-refractivity contribution is -0.139. The first-order chi connectivity index (χ1) is 28.0. The number of carbonyl (C=O) groups is 1. The van der Waals surface area contributed by atoms with Crippen molar-refractivity contribution in [3.63, 3.8) is 0 Å². The average Bonchev–Trinajstić information content (AvgIpc) is 3.87. The summed E-state index contributed by atoms with van der Waals surface area (Å²) in [6, 6.07) is 0. The largest absolute Gasteiger partial charge is 0.455 e. The molecule has 0 aromatic rings. The van der Waals surface area contributed by atoms with Crippen molar-refractivity contribution < 1.29 is 32.3 Å². The first-order valence-electron chi connectivity index (χ1n) is 25.3. The molecular weight excluding hydrogens is 813 g/mol. The number of carbonyl (C=O) groups excluding carboxylic acids is 1. The molecule has 3 aliphatic heterocycles. The Morgan fingerprint density at radius 3 is 1.45 bits per heavy atom. The molecule has 0 unspecified atom stereocenters. The van der Waals surface area contributed by atoms with E-state index < -0.39 is 33.0 Å². The second-order valence-corrected chi connectivity index (χ2v) is 42.0. The third-order valence-electron chi connectivity index (χ3n) is 12.8. The molecule has 0 radical (unpaired) electrons. The monoisotopic (exact) mass is 911 g/mol. The van der Waals surface area contributed by atoms with Gasteiger partial charge >= 0.3 is 5.97 Å². The van der Waals surface area contributed by atoms with Gasteiger partial charge in [-0.3, -0.25) is 0 Å². The van der Waals surface area contributed by atoms with Crippen molar-refractivity contribution >= 4 is 39.0 Å². The molecule has 352 valence electrons. The van der Waals surface area contributed by atoms with Gasteiger partial charge < -0.3 is 27.5 Å². The standard InChI is InChI=1S/C49H98O7Si4/c1-15-16-25-31-47(56-60(12,13)14)48(57(3,4)5)33-28-32-46(55-59(9,10)11)44-37-35-42(53-44)41-34-36-43(52-41)45(54-58(6,7)8)30-27-24-22-20-18-17-19-21-23-26-29-40-38-39(2)51-49(40)50/h38-39,41-48H,15-37H2,1-14H3/t39-,41+,42+,43+,44+,45+,46-,47-,48+/m0/s1. The van der Waals surface area contributed by atoms with Crippen molar-refractivity contribution in [2.24, 2.45) is 0 Å². The first-order valence-corrected chi connectivity index (χ1v) is 39.1. The molecule has 0 bridgehead atoms. The number of hydrogen-bond donors (Lipinski definition) is 0. The van der Waals surface area contributed by atoms with Crippen LogP contribution in [-0.2, 0) is 32.3 Å². The van der Waals surface area contributed by atoms with Gasteiger partial charge in [0, 0.05) is 11.7 Å². The van der Waals surface area contributed by atoms with E-state index in [0.29, 0.717) is 11.6 Å². The van der Waals surface area contributed by atoms with Crippen molar-refractivity contribution in [1.29, 1.82) is 0 Å². The lowest BCUT2D eigenvalue weighted by Crippen LogP contribution is -2.43. The second-order valence-electron chi connectivity index (χ2n) is 23.2. The van der Waals surface area contributed by atoms with Crippen LogP contribution in [-0.4, -0.2) is 87.8 Å². The van der Waals surface area contributed by atoms with Crippen LogP contribution in [0.1, 0.15) is 162 Å². The van der Waals surface area contributed by atoms with Gasteiger partial charge in [0.25, 0.3) is 0 Å². The summed E-state index contributed by atoms with van der Waals surface area (Å²) in [5.74, 6) is -0.105. The molecule has 7 nitrogen and oxygen atoms in total. The maximum Gasteiger partial charge on any atom is 0.334 e. The van der Waals surface area contributed by atoms with Gasteiger partial charge in [-0.2, -0.15) is 0 Å². The molecule has 3 aliphatic rings. The minimum absolute atomic E-state index is 0.0442. The zero-order chi connectivity index (χ0) is 44.6. The highest BCUT2D eigenvalue weighted by Crippen LogP contribution is 2.40. The number of hydrogen-bond acceptors (Lipinski definition) is 7. The van der Waals surface area contributed by atoms with Gasteiger partial charge in [-0.1, -0.05) is 116 Å². The van der Waals surface area contributed by atoms with Gasteiger partial charge in [-0.05, 0) is 135 Å². The smallest absolute Gasteiger partial charge is 0.334 e. The third kappa shape index (κ3) is 21.7. The van der Waals surface area contributed by atoms with Crippen LogP contribution in [0, 0.1) is 0 Å². The minimum Gasteiger partial charge on any atom is -0.455 e. The molecule has 0 spiro atoms.